The van der Waals surface area contributed by atoms with Crippen LogP contribution in [0.25, 0.3) is 17.2 Å². The molecule has 4 heterocycles. The van der Waals surface area contributed by atoms with Crippen LogP contribution in [-0.4, -0.2) is 36.4 Å². The van der Waals surface area contributed by atoms with Crippen LogP contribution >= 0.6 is 23.2 Å². The van der Waals surface area contributed by atoms with E-state index in [1.54, 1.807) is 19.5 Å². The first-order valence-corrected chi connectivity index (χ1v) is 12.6. The highest BCUT2D eigenvalue weighted by molar-refractivity contribution is 6.35. The molecular formula is C26H23Cl2N7O. The third kappa shape index (κ3) is 3.74. The molecule has 10 heteroatoms. The van der Waals surface area contributed by atoms with Gasteiger partial charge in [0.05, 0.1) is 30.6 Å². The van der Waals surface area contributed by atoms with E-state index in [2.05, 4.69) is 11.1 Å². The predicted molar refractivity (Wildman–Crippen MR) is 136 cm³/mol. The van der Waals surface area contributed by atoms with E-state index in [0.29, 0.717) is 27.4 Å². The quantitative estimate of drug-likeness (QED) is 0.339. The summed E-state index contributed by atoms with van der Waals surface area (Å²) in [6.07, 6.45) is 7.10. The van der Waals surface area contributed by atoms with Gasteiger partial charge in [-0.15, -0.1) is 5.10 Å². The molecule has 0 spiro atoms. The number of aryl methyl sites for hydroxylation is 2. The number of benzene rings is 1. The van der Waals surface area contributed by atoms with Crippen molar-refractivity contribution in [3.05, 3.63) is 69.5 Å². The molecule has 6 rings (SSSR count). The van der Waals surface area contributed by atoms with Crippen LogP contribution in [0.5, 0.6) is 5.88 Å². The first-order chi connectivity index (χ1) is 17.4. The highest BCUT2D eigenvalue weighted by Gasteiger charge is 2.47. The van der Waals surface area contributed by atoms with E-state index in [1.807, 2.05) is 40.6 Å². The van der Waals surface area contributed by atoms with Gasteiger partial charge < -0.3 is 9.30 Å². The number of pyridine rings is 1. The average Bonchev–Trinajstić information content (AvgIpc) is 3.34. The molecule has 1 fully saturated rings. The monoisotopic (exact) mass is 519 g/mol. The van der Waals surface area contributed by atoms with Crippen molar-refractivity contribution < 1.29 is 4.74 Å². The second-order valence-corrected chi connectivity index (χ2v) is 10.2. The first kappa shape index (κ1) is 23.0. The average molecular weight is 520 g/mol. The van der Waals surface area contributed by atoms with Crippen molar-refractivity contribution in [2.45, 2.75) is 50.5 Å². The van der Waals surface area contributed by atoms with Crippen molar-refractivity contribution in [3.8, 4) is 29.2 Å². The van der Waals surface area contributed by atoms with Crippen LogP contribution in [0.4, 0.5) is 0 Å². The van der Waals surface area contributed by atoms with Crippen molar-refractivity contribution in [2.75, 3.05) is 7.11 Å². The molecule has 1 aliphatic heterocycles. The number of hydrogen-bond donors (Lipinski definition) is 0. The molecule has 0 amide bonds. The van der Waals surface area contributed by atoms with Gasteiger partial charge in [0.2, 0.25) is 5.88 Å². The molecule has 0 N–H and O–H groups in total. The Labute approximate surface area is 218 Å². The number of ether oxygens (including phenoxy) is 1. The van der Waals surface area contributed by atoms with Crippen LogP contribution < -0.4 is 4.74 Å². The van der Waals surface area contributed by atoms with Crippen molar-refractivity contribution in [3.63, 3.8) is 0 Å². The van der Waals surface area contributed by atoms with Gasteiger partial charge in [0.25, 0.3) is 0 Å². The summed E-state index contributed by atoms with van der Waals surface area (Å²) >= 11 is 13.2. The second kappa shape index (κ2) is 8.61. The number of methoxy groups -OCH3 is 1. The lowest BCUT2D eigenvalue weighted by Gasteiger charge is -2.24. The molecule has 1 aromatic carbocycles. The molecule has 0 radical (unpaired) electrons. The first-order valence-electron chi connectivity index (χ1n) is 11.8. The van der Waals surface area contributed by atoms with E-state index in [4.69, 9.17) is 43.0 Å². The summed E-state index contributed by atoms with van der Waals surface area (Å²) in [5.74, 6) is 1.78. The summed E-state index contributed by atoms with van der Waals surface area (Å²) in [5, 5.41) is 15.6. The maximum atomic E-state index is 9.74. The molecule has 8 nitrogen and oxygen atoms in total. The van der Waals surface area contributed by atoms with E-state index >= 15 is 0 Å². The van der Waals surface area contributed by atoms with Crippen molar-refractivity contribution in [2.24, 2.45) is 0 Å². The van der Waals surface area contributed by atoms with Gasteiger partial charge in [0, 0.05) is 28.7 Å². The smallest absolute Gasteiger partial charge is 0.238 e. The maximum Gasteiger partial charge on any atom is 0.238 e. The van der Waals surface area contributed by atoms with E-state index in [0.717, 1.165) is 60.6 Å². The zero-order valence-corrected chi connectivity index (χ0v) is 21.4. The van der Waals surface area contributed by atoms with Crippen molar-refractivity contribution in [1.82, 2.24) is 29.3 Å². The predicted octanol–water partition coefficient (Wildman–Crippen LogP) is 5.63. The molecule has 0 bridgehead atoms. The number of fused-ring (bicyclic) bond motifs is 1. The van der Waals surface area contributed by atoms with Gasteiger partial charge in [-0.2, -0.15) is 5.26 Å². The Kier molecular flexibility index (Phi) is 5.51. The number of rotatable bonds is 5. The van der Waals surface area contributed by atoms with Gasteiger partial charge in [0.15, 0.2) is 5.82 Å². The number of halogens is 2. The Bertz CT molecular complexity index is 1530. The molecular weight excluding hydrogens is 497 g/mol. The number of nitriles is 1. The summed E-state index contributed by atoms with van der Waals surface area (Å²) in [4.78, 5) is 13.9. The minimum atomic E-state index is -0.500. The lowest BCUT2D eigenvalue weighted by Crippen LogP contribution is -2.19. The lowest BCUT2D eigenvalue weighted by molar-refractivity contribution is 0.396. The fourth-order valence-corrected chi connectivity index (χ4v) is 5.67. The van der Waals surface area contributed by atoms with Crippen LogP contribution in [0, 0.1) is 18.3 Å². The number of hydrogen-bond acceptors (Lipinski definition) is 6. The second-order valence-electron chi connectivity index (χ2n) is 9.41. The normalized spacial score (nSPS) is 17.9. The van der Waals surface area contributed by atoms with Crippen LogP contribution in [0.15, 0.2) is 36.8 Å². The standard InChI is InChI=1S/C26H23Cl2N7O/c1-15-12-34(14-30-15)22-6-5-21(31-25(22)36-2)23-32-24-16(4-3-9-35(24)33-23)17-10-18(20(28)11-19(17)27)26(13-29)7-8-26/h5-6,10-12,14,16H,3-4,7-9H2,1-2H3. The Hall–Kier alpha value is -3.41. The SMILES string of the molecule is COc1nc(-c2nc3n(n2)CCCC3c2cc(C3(C#N)CC3)c(Cl)cc2Cl)ccc1-n1cnc(C)c1. The van der Waals surface area contributed by atoms with E-state index in [1.165, 1.54) is 0 Å². The molecule has 36 heavy (non-hydrogen) atoms. The summed E-state index contributed by atoms with van der Waals surface area (Å²) in [7, 11) is 1.59. The fourth-order valence-electron chi connectivity index (χ4n) is 4.98. The topological polar surface area (TPSA) is 94.4 Å². The number of imidazole rings is 1. The lowest BCUT2D eigenvalue weighted by atomic mass is 9.87. The van der Waals surface area contributed by atoms with Crippen molar-refractivity contribution in [1.29, 1.82) is 5.26 Å². The molecule has 0 saturated heterocycles. The fraction of sp³-hybridized carbons (Fsp3) is 0.346. The van der Waals surface area contributed by atoms with Gasteiger partial charge in [-0.25, -0.2) is 19.6 Å². The zero-order chi connectivity index (χ0) is 25.0. The van der Waals surface area contributed by atoms with Crippen LogP contribution in [-0.2, 0) is 12.0 Å². The molecule has 4 aromatic rings. The van der Waals surface area contributed by atoms with E-state index in [9.17, 15) is 5.26 Å². The third-order valence-corrected chi connectivity index (χ3v) is 7.71. The minimum Gasteiger partial charge on any atom is -0.479 e. The molecule has 2 aliphatic rings. The Balaban J connectivity index is 1.39. The molecule has 1 aliphatic carbocycles. The summed E-state index contributed by atoms with van der Waals surface area (Å²) < 4.78 is 9.39. The van der Waals surface area contributed by atoms with Gasteiger partial charge >= 0.3 is 0 Å². The van der Waals surface area contributed by atoms with Gasteiger partial charge in [-0.05, 0) is 61.9 Å². The highest BCUT2D eigenvalue weighted by Crippen LogP contribution is 2.52. The number of nitrogens with zero attached hydrogens (tertiary/aromatic N) is 7. The van der Waals surface area contributed by atoms with Gasteiger partial charge in [-0.1, -0.05) is 29.3 Å². The maximum absolute atomic E-state index is 9.74. The van der Waals surface area contributed by atoms with Gasteiger partial charge in [-0.3, -0.25) is 0 Å². The molecule has 182 valence electrons. The molecule has 3 aromatic heterocycles. The number of aromatic nitrogens is 6. The zero-order valence-electron chi connectivity index (χ0n) is 19.9. The van der Waals surface area contributed by atoms with E-state index in [-0.39, 0.29) is 5.92 Å². The van der Waals surface area contributed by atoms with Crippen molar-refractivity contribution >= 4 is 23.2 Å². The molecule has 1 atom stereocenters. The van der Waals surface area contributed by atoms with E-state index < -0.39 is 5.41 Å². The summed E-state index contributed by atoms with van der Waals surface area (Å²) in [6.45, 7) is 2.70. The summed E-state index contributed by atoms with van der Waals surface area (Å²) in [6, 6.07) is 10.0. The largest absolute Gasteiger partial charge is 0.479 e. The Morgan fingerprint density at radius 3 is 2.69 bits per heavy atom. The molecule has 1 saturated carbocycles. The van der Waals surface area contributed by atoms with Gasteiger partial charge in [0.1, 0.15) is 17.2 Å². The van der Waals surface area contributed by atoms with Crippen LogP contribution in [0.1, 0.15) is 54.2 Å². The highest BCUT2D eigenvalue weighted by atomic mass is 35.5. The summed E-state index contributed by atoms with van der Waals surface area (Å²) in [5.41, 5.74) is 3.61. The third-order valence-electron chi connectivity index (χ3n) is 7.07. The van der Waals surface area contributed by atoms with Crippen LogP contribution in [0.2, 0.25) is 10.0 Å². The minimum absolute atomic E-state index is 0.0481. The Morgan fingerprint density at radius 2 is 2.00 bits per heavy atom. The van der Waals surface area contributed by atoms with Crippen LogP contribution in [0.3, 0.4) is 0 Å². The molecule has 1 unspecified atom stereocenters. The Morgan fingerprint density at radius 1 is 1.17 bits per heavy atom.